The van der Waals surface area contributed by atoms with Crippen LogP contribution >= 0.6 is 0 Å². The predicted octanol–water partition coefficient (Wildman–Crippen LogP) is 5.66. The van der Waals surface area contributed by atoms with Crippen LogP contribution in [0, 0.1) is 0 Å². The number of hydrogen-bond acceptors (Lipinski definition) is 0. The maximum Gasteiger partial charge on any atom is -0.0135 e. The zero-order valence-electron chi connectivity index (χ0n) is 11.7. The number of fused-ring (bicyclic) bond motifs is 1. The minimum Gasteiger partial charge on any atom is -0.0798 e. The monoisotopic (exact) mass is 228 g/mol. The topological polar surface area (TPSA) is 0 Å². The van der Waals surface area contributed by atoms with Crippen LogP contribution in [0.15, 0.2) is 29.8 Å². The molecule has 1 aromatic carbocycles. The third kappa shape index (κ3) is 3.33. The average molecular weight is 228 g/mol. The second-order valence-electron chi connectivity index (χ2n) is 4.60. The van der Waals surface area contributed by atoms with Gasteiger partial charge in [0, 0.05) is 0 Å². The zero-order chi connectivity index (χ0) is 12.8. The highest BCUT2D eigenvalue weighted by Crippen LogP contribution is 2.28. The Bertz CT molecular complexity index is 420. The van der Waals surface area contributed by atoms with Crippen molar-refractivity contribution in [2.45, 2.75) is 47.0 Å². The molecule has 0 aromatic heterocycles. The maximum atomic E-state index is 2.31. The maximum absolute atomic E-state index is 2.31. The van der Waals surface area contributed by atoms with Gasteiger partial charge < -0.3 is 0 Å². The lowest BCUT2D eigenvalue weighted by molar-refractivity contribution is 0.863. The summed E-state index contributed by atoms with van der Waals surface area (Å²) in [6.45, 7) is 10.7. The summed E-state index contributed by atoms with van der Waals surface area (Å²) < 4.78 is 0. The fourth-order valence-electron chi connectivity index (χ4n) is 2.11. The molecule has 0 radical (unpaired) electrons. The van der Waals surface area contributed by atoms with Crippen molar-refractivity contribution in [3.63, 3.8) is 0 Å². The first kappa shape index (κ1) is 13.8. The SMILES string of the molecule is CC.CC1=Cc2cccc(C(C)C)c2C=CC1. The molecule has 1 aliphatic rings. The van der Waals surface area contributed by atoms with E-state index in [4.69, 9.17) is 0 Å². The van der Waals surface area contributed by atoms with Crippen LogP contribution in [-0.2, 0) is 0 Å². The quantitative estimate of drug-likeness (QED) is 0.582. The lowest BCUT2D eigenvalue weighted by Crippen LogP contribution is -1.93. The van der Waals surface area contributed by atoms with Crippen molar-refractivity contribution in [1.29, 1.82) is 0 Å². The average Bonchev–Trinajstić information content (AvgIpc) is 2.51. The van der Waals surface area contributed by atoms with Gasteiger partial charge in [-0.2, -0.15) is 0 Å². The number of allylic oxidation sites excluding steroid dienone is 2. The Labute approximate surface area is 106 Å². The fraction of sp³-hybridized carbons (Fsp3) is 0.412. The van der Waals surface area contributed by atoms with Gasteiger partial charge in [-0.1, -0.05) is 69.7 Å². The van der Waals surface area contributed by atoms with Crippen molar-refractivity contribution in [3.8, 4) is 0 Å². The first-order valence-corrected chi connectivity index (χ1v) is 6.65. The molecule has 0 amide bonds. The Kier molecular flexibility index (Phi) is 5.21. The Morgan fingerprint density at radius 2 is 1.82 bits per heavy atom. The molecule has 92 valence electrons. The molecule has 0 spiro atoms. The van der Waals surface area contributed by atoms with Crippen molar-refractivity contribution in [2.24, 2.45) is 0 Å². The molecule has 0 heteroatoms. The number of benzene rings is 1. The Hall–Kier alpha value is -1.30. The fourth-order valence-corrected chi connectivity index (χ4v) is 2.11. The predicted molar refractivity (Wildman–Crippen MR) is 79.2 cm³/mol. The molecule has 0 N–H and O–H groups in total. The van der Waals surface area contributed by atoms with Crippen LogP contribution in [0.1, 0.15) is 63.6 Å². The van der Waals surface area contributed by atoms with Gasteiger partial charge in [0.1, 0.15) is 0 Å². The lowest BCUT2D eigenvalue weighted by atomic mass is 9.93. The smallest absolute Gasteiger partial charge is 0.0135 e. The van der Waals surface area contributed by atoms with Gasteiger partial charge in [0.25, 0.3) is 0 Å². The second kappa shape index (κ2) is 6.44. The molecule has 0 aliphatic heterocycles. The minimum absolute atomic E-state index is 0.594. The Balaban J connectivity index is 0.000000686. The van der Waals surface area contributed by atoms with E-state index < -0.39 is 0 Å². The van der Waals surface area contributed by atoms with Gasteiger partial charge in [-0.25, -0.2) is 0 Å². The molecule has 0 fully saturated rings. The summed E-state index contributed by atoms with van der Waals surface area (Å²) in [6.07, 6.45) is 7.93. The number of hydrogen-bond donors (Lipinski definition) is 0. The summed E-state index contributed by atoms with van der Waals surface area (Å²) in [5.41, 5.74) is 5.66. The van der Waals surface area contributed by atoms with Crippen LogP contribution in [0.5, 0.6) is 0 Å². The molecule has 0 saturated carbocycles. The molecule has 1 aromatic rings. The van der Waals surface area contributed by atoms with Gasteiger partial charge in [-0.3, -0.25) is 0 Å². The van der Waals surface area contributed by atoms with Crippen molar-refractivity contribution in [2.75, 3.05) is 0 Å². The summed E-state index contributed by atoms with van der Waals surface area (Å²) in [5.74, 6) is 0.594. The van der Waals surface area contributed by atoms with Gasteiger partial charge in [0.2, 0.25) is 0 Å². The van der Waals surface area contributed by atoms with E-state index >= 15 is 0 Å². The standard InChI is InChI=1S/C15H18.C2H6/c1-11(2)14-8-5-7-13-10-12(3)6-4-9-15(13)14;1-2/h4-5,7-11H,6H2,1-3H3;1-2H3. The van der Waals surface area contributed by atoms with Crippen LogP contribution in [0.3, 0.4) is 0 Å². The van der Waals surface area contributed by atoms with E-state index in [9.17, 15) is 0 Å². The normalized spacial score (nSPS) is 13.4. The molecule has 0 heterocycles. The van der Waals surface area contributed by atoms with E-state index in [1.165, 1.54) is 22.3 Å². The molecular formula is C17H24. The summed E-state index contributed by atoms with van der Waals surface area (Å²) in [5, 5.41) is 0. The first-order chi connectivity index (χ1) is 8.18. The van der Waals surface area contributed by atoms with Crippen LogP contribution in [-0.4, -0.2) is 0 Å². The molecule has 0 atom stereocenters. The second-order valence-corrected chi connectivity index (χ2v) is 4.60. The van der Waals surface area contributed by atoms with Crippen molar-refractivity contribution < 1.29 is 0 Å². The Morgan fingerprint density at radius 1 is 1.12 bits per heavy atom. The van der Waals surface area contributed by atoms with Gasteiger partial charge in [-0.15, -0.1) is 0 Å². The minimum atomic E-state index is 0.594. The third-order valence-electron chi connectivity index (χ3n) is 2.92. The first-order valence-electron chi connectivity index (χ1n) is 6.65. The highest BCUT2D eigenvalue weighted by Gasteiger charge is 2.09. The van der Waals surface area contributed by atoms with E-state index in [1.54, 1.807) is 0 Å². The summed E-state index contributed by atoms with van der Waals surface area (Å²) in [7, 11) is 0. The summed E-state index contributed by atoms with van der Waals surface area (Å²) in [4.78, 5) is 0. The van der Waals surface area contributed by atoms with Gasteiger partial charge in [0.05, 0.1) is 0 Å². The van der Waals surface area contributed by atoms with Crippen LogP contribution in [0.25, 0.3) is 12.2 Å². The molecule has 0 nitrogen and oxygen atoms in total. The van der Waals surface area contributed by atoms with Gasteiger partial charge in [-0.05, 0) is 36.0 Å². The summed E-state index contributed by atoms with van der Waals surface area (Å²) >= 11 is 0. The molecule has 2 rings (SSSR count). The highest BCUT2D eigenvalue weighted by atomic mass is 14.1. The zero-order valence-corrected chi connectivity index (χ0v) is 11.7. The third-order valence-corrected chi connectivity index (χ3v) is 2.92. The van der Waals surface area contributed by atoms with E-state index in [2.05, 4.69) is 57.2 Å². The van der Waals surface area contributed by atoms with E-state index in [-0.39, 0.29) is 0 Å². The van der Waals surface area contributed by atoms with Crippen LogP contribution in [0.4, 0.5) is 0 Å². The molecule has 0 saturated heterocycles. The van der Waals surface area contributed by atoms with Crippen molar-refractivity contribution in [1.82, 2.24) is 0 Å². The van der Waals surface area contributed by atoms with E-state index in [0.717, 1.165) is 6.42 Å². The van der Waals surface area contributed by atoms with Gasteiger partial charge in [0.15, 0.2) is 0 Å². The van der Waals surface area contributed by atoms with Gasteiger partial charge >= 0.3 is 0 Å². The molecule has 1 aliphatic carbocycles. The molecule has 17 heavy (non-hydrogen) atoms. The van der Waals surface area contributed by atoms with Crippen LogP contribution < -0.4 is 0 Å². The lowest BCUT2D eigenvalue weighted by Gasteiger charge is -2.12. The molecular weight excluding hydrogens is 204 g/mol. The largest absolute Gasteiger partial charge is 0.0798 e. The van der Waals surface area contributed by atoms with Crippen LogP contribution in [0.2, 0.25) is 0 Å². The number of rotatable bonds is 1. The Morgan fingerprint density at radius 3 is 2.47 bits per heavy atom. The summed E-state index contributed by atoms with van der Waals surface area (Å²) in [6, 6.07) is 6.61. The molecule has 0 unspecified atom stereocenters. The van der Waals surface area contributed by atoms with Crippen molar-refractivity contribution >= 4 is 12.2 Å². The molecule has 0 bridgehead atoms. The van der Waals surface area contributed by atoms with E-state index in [0.29, 0.717) is 5.92 Å². The van der Waals surface area contributed by atoms with E-state index in [1.807, 2.05) is 13.8 Å². The van der Waals surface area contributed by atoms with Crippen molar-refractivity contribution in [3.05, 3.63) is 46.5 Å². The highest BCUT2D eigenvalue weighted by molar-refractivity contribution is 5.71.